The first-order valence-corrected chi connectivity index (χ1v) is 8.77. The minimum Gasteiger partial charge on any atom is -0.493 e. The summed E-state index contributed by atoms with van der Waals surface area (Å²) in [7, 11) is 3.11. The van der Waals surface area contributed by atoms with E-state index in [1.165, 1.54) is 6.07 Å². The van der Waals surface area contributed by atoms with E-state index in [2.05, 4.69) is 20.2 Å². The molecular formula is C19H21N5O3. The van der Waals surface area contributed by atoms with Crippen LogP contribution in [0.1, 0.15) is 0 Å². The number of methoxy groups -OCH3 is 2. The summed E-state index contributed by atoms with van der Waals surface area (Å²) >= 11 is 0. The van der Waals surface area contributed by atoms with Crippen LogP contribution in [0.5, 0.6) is 11.5 Å². The number of fused-ring (bicyclic) bond motifs is 1. The Morgan fingerprint density at radius 2 is 1.81 bits per heavy atom. The van der Waals surface area contributed by atoms with Crippen LogP contribution in [-0.2, 0) is 0 Å². The standard InChI is InChI=1S/C19H21N5O3/c1-26-16-9-14(21-11-17(16)27-2)15-10-19(25)24-12-13(3-4-18(24)22-15)23-7-5-20-6-8-23/h3-4,9-12,20H,5-8H2,1-2H3. The Labute approximate surface area is 156 Å². The highest BCUT2D eigenvalue weighted by Crippen LogP contribution is 2.29. The molecule has 0 bridgehead atoms. The Bertz CT molecular complexity index is 1030. The van der Waals surface area contributed by atoms with E-state index in [-0.39, 0.29) is 5.56 Å². The predicted octanol–water partition coefficient (Wildman–Crippen LogP) is 1.18. The van der Waals surface area contributed by atoms with Gasteiger partial charge in [-0.25, -0.2) is 4.98 Å². The minimum atomic E-state index is -0.149. The Morgan fingerprint density at radius 3 is 2.56 bits per heavy atom. The molecular weight excluding hydrogens is 346 g/mol. The number of nitrogens with one attached hydrogen (secondary N) is 1. The number of anilines is 1. The number of hydrogen-bond acceptors (Lipinski definition) is 7. The van der Waals surface area contributed by atoms with Crippen molar-refractivity contribution in [3.05, 3.63) is 47.0 Å². The second-order valence-corrected chi connectivity index (χ2v) is 6.26. The van der Waals surface area contributed by atoms with Crippen molar-refractivity contribution in [1.29, 1.82) is 0 Å². The second-order valence-electron chi connectivity index (χ2n) is 6.26. The Kier molecular flexibility index (Phi) is 4.64. The summed E-state index contributed by atoms with van der Waals surface area (Å²) < 4.78 is 12.1. The van der Waals surface area contributed by atoms with Crippen molar-refractivity contribution in [2.24, 2.45) is 0 Å². The van der Waals surface area contributed by atoms with Crippen molar-refractivity contribution in [3.63, 3.8) is 0 Å². The Morgan fingerprint density at radius 1 is 1.04 bits per heavy atom. The topological polar surface area (TPSA) is 81.0 Å². The number of nitrogens with zero attached hydrogens (tertiary/aromatic N) is 4. The van der Waals surface area contributed by atoms with Crippen LogP contribution in [-0.4, -0.2) is 54.8 Å². The maximum Gasteiger partial charge on any atom is 0.258 e. The maximum atomic E-state index is 12.7. The molecule has 1 aliphatic heterocycles. The number of rotatable bonds is 4. The van der Waals surface area contributed by atoms with Crippen LogP contribution in [0.4, 0.5) is 5.69 Å². The van der Waals surface area contributed by atoms with E-state index < -0.39 is 0 Å². The average molecular weight is 367 g/mol. The van der Waals surface area contributed by atoms with E-state index in [0.717, 1.165) is 31.9 Å². The van der Waals surface area contributed by atoms with Crippen molar-refractivity contribution in [3.8, 4) is 22.9 Å². The zero-order valence-electron chi connectivity index (χ0n) is 15.3. The van der Waals surface area contributed by atoms with Gasteiger partial charge in [0.25, 0.3) is 5.56 Å². The third-order valence-corrected chi connectivity index (χ3v) is 4.66. The molecule has 0 saturated carbocycles. The van der Waals surface area contributed by atoms with Crippen LogP contribution in [0.2, 0.25) is 0 Å². The zero-order chi connectivity index (χ0) is 18.8. The summed E-state index contributed by atoms with van der Waals surface area (Å²) in [6, 6.07) is 7.07. The molecule has 3 aromatic heterocycles. The quantitative estimate of drug-likeness (QED) is 0.742. The molecule has 8 heteroatoms. The SMILES string of the molecule is COc1cnc(-c2cc(=O)n3cc(N4CCNCC4)ccc3n2)cc1OC. The predicted molar refractivity (Wildman–Crippen MR) is 103 cm³/mol. The summed E-state index contributed by atoms with van der Waals surface area (Å²) in [5, 5.41) is 3.33. The van der Waals surface area contributed by atoms with Gasteiger partial charge in [0.05, 0.1) is 37.5 Å². The van der Waals surface area contributed by atoms with Crippen molar-refractivity contribution in [2.45, 2.75) is 0 Å². The molecule has 0 spiro atoms. The highest BCUT2D eigenvalue weighted by molar-refractivity contribution is 5.62. The molecule has 27 heavy (non-hydrogen) atoms. The first-order chi connectivity index (χ1) is 13.2. The van der Waals surface area contributed by atoms with Crippen LogP contribution in [0.25, 0.3) is 17.0 Å². The lowest BCUT2D eigenvalue weighted by atomic mass is 10.2. The molecule has 8 nitrogen and oxygen atoms in total. The lowest BCUT2D eigenvalue weighted by Crippen LogP contribution is -2.43. The Balaban J connectivity index is 1.75. The van der Waals surface area contributed by atoms with Gasteiger partial charge in [0.2, 0.25) is 0 Å². The lowest BCUT2D eigenvalue weighted by Gasteiger charge is -2.29. The van der Waals surface area contributed by atoms with Gasteiger partial charge < -0.3 is 19.7 Å². The molecule has 1 aliphatic rings. The molecule has 0 radical (unpaired) electrons. The van der Waals surface area contributed by atoms with Gasteiger partial charge in [0, 0.05) is 44.5 Å². The van der Waals surface area contributed by atoms with Crippen LogP contribution in [0.3, 0.4) is 0 Å². The molecule has 0 aromatic carbocycles. The van der Waals surface area contributed by atoms with Gasteiger partial charge in [0.15, 0.2) is 11.5 Å². The average Bonchev–Trinajstić information content (AvgIpc) is 2.73. The molecule has 4 rings (SSSR count). The van der Waals surface area contributed by atoms with E-state index in [9.17, 15) is 4.79 Å². The minimum absolute atomic E-state index is 0.149. The number of hydrogen-bond donors (Lipinski definition) is 1. The van der Waals surface area contributed by atoms with E-state index in [1.54, 1.807) is 30.9 Å². The molecule has 0 amide bonds. The molecule has 1 fully saturated rings. The summed E-state index contributed by atoms with van der Waals surface area (Å²) in [6.45, 7) is 3.72. The third-order valence-electron chi connectivity index (χ3n) is 4.66. The Hall–Kier alpha value is -3.13. The molecule has 3 aromatic rings. The second kappa shape index (κ2) is 7.24. The molecule has 4 heterocycles. The molecule has 0 unspecified atom stereocenters. The first kappa shape index (κ1) is 17.3. The van der Waals surface area contributed by atoms with E-state index in [1.807, 2.05) is 18.3 Å². The molecule has 0 atom stereocenters. The van der Waals surface area contributed by atoms with Gasteiger partial charge in [-0.2, -0.15) is 0 Å². The molecule has 1 saturated heterocycles. The van der Waals surface area contributed by atoms with Crippen molar-refractivity contribution >= 4 is 11.3 Å². The molecule has 1 N–H and O–H groups in total. The van der Waals surface area contributed by atoms with Gasteiger partial charge in [-0.3, -0.25) is 14.2 Å². The highest BCUT2D eigenvalue weighted by atomic mass is 16.5. The third kappa shape index (κ3) is 3.31. The van der Waals surface area contributed by atoms with Crippen LogP contribution >= 0.6 is 0 Å². The highest BCUT2D eigenvalue weighted by Gasteiger charge is 2.14. The van der Waals surface area contributed by atoms with Crippen molar-refractivity contribution < 1.29 is 9.47 Å². The summed E-state index contributed by atoms with van der Waals surface area (Å²) in [5.74, 6) is 1.07. The van der Waals surface area contributed by atoms with Crippen molar-refractivity contribution in [2.75, 3.05) is 45.3 Å². The summed E-state index contributed by atoms with van der Waals surface area (Å²) in [4.78, 5) is 23.9. The van der Waals surface area contributed by atoms with E-state index in [0.29, 0.717) is 28.5 Å². The van der Waals surface area contributed by atoms with Gasteiger partial charge >= 0.3 is 0 Å². The number of ether oxygens (including phenoxy) is 2. The van der Waals surface area contributed by atoms with Crippen molar-refractivity contribution in [1.82, 2.24) is 19.7 Å². The molecule has 140 valence electrons. The fourth-order valence-corrected chi connectivity index (χ4v) is 3.21. The first-order valence-electron chi connectivity index (χ1n) is 8.77. The number of piperazine rings is 1. The van der Waals surface area contributed by atoms with E-state index in [4.69, 9.17) is 9.47 Å². The van der Waals surface area contributed by atoms with Gasteiger partial charge in [-0.05, 0) is 12.1 Å². The van der Waals surface area contributed by atoms with E-state index >= 15 is 0 Å². The summed E-state index contributed by atoms with van der Waals surface area (Å²) in [6.07, 6.45) is 3.41. The van der Waals surface area contributed by atoms with Crippen LogP contribution < -0.4 is 25.2 Å². The fourth-order valence-electron chi connectivity index (χ4n) is 3.21. The fraction of sp³-hybridized carbons (Fsp3) is 0.316. The largest absolute Gasteiger partial charge is 0.493 e. The molecule has 0 aliphatic carbocycles. The number of pyridine rings is 2. The van der Waals surface area contributed by atoms with Gasteiger partial charge in [-0.15, -0.1) is 0 Å². The summed E-state index contributed by atoms with van der Waals surface area (Å²) in [5.41, 5.74) is 2.50. The van der Waals surface area contributed by atoms with Gasteiger partial charge in [0.1, 0.15) is 5.65 Å². The zero-order valence-corrected chi connectivity index (χ0v) is 15.3. The monoisotopic (exact) mass is 367 g/mol. The lowest BCUT2D eigenvalue weighted by molar-refractivity contribution is 0.353. The van der Waals surface area contributed by atoms with Crippen LogP contribution in [0, 0.1) is 0 Å². The maximum absolute atomic E-state index is 12.7. The van der Waals surface area contributed by atoms with Gasteiger partial charge in [-0.1, -0.05) is 0 Å². The normalized spacial score (nSPS) is 14.4. The smallest absolute Gasteiger partial charge is 0.258 e. The van der Waals surface area contributed by atoms with Crippen LogP contribution in [0.15, 0.2) is 41.5 Å². The number of aromatic nitrogens is 3.